The molecule has 3 heterocycles. The monoisotopic (exact) mass is 357 g/mol. The van der Waals surface area contributed by atoms with Crippen molar-refractivity contribution in [2.75, 3.05) is 33.5 Å². The first kappa shape index (κ1) is 17.1. The van der Waals surface area contributed by atoms with Gasteiger partial charge < -0.3 is 23.5 Å². The first-order valence-corrected chi connectivity index (χ1v) is 8.91. The summed E-state index contributed by atoms with van der Waals surface area (Å²) in [4.78, 5) is 12.6. The quantitative estimate of drug-likeness (QED) is 0.839. The summed E-state index contributed by atoms with van der Waals surface area (Å²) in [7, 11) is 1.66. The second-order valence-corrected chi connectivity index (χ2v) is 6.62. The Kier molecular flexibility index (Phi) is 4.70. The van der Waals surface area contributed by atoms with E-state index in [2.05, 4.69) is 0 Å². The van der Waals surface area contributed by atoms with Crippen molar-refractivity contribution in [1.29, 1.82) is 0 Å². The number of fused-ring (bicyclic) bond motifs is 3. The van der Waals surface area contributed by atoms with Crippen LogP contribution in [-0.4, -0.2) is 44.2 Å². The van der Waals surface area contributed by atoms with Crippen LogP contribution in [0.5, 0.6) is 11.5 Å². The molecule has 2 aromatic rings. The van der Waals surface area contributed by atoms with Gasteiger partial charge in [0.05, 0.1) is 32.6 Å². The SMILES string of the molecule is COc1ccc2c(c1)CCn1c-2c(C)c(OC[C@@H]2COCCO2)cc1=O. The van der Waals surface area contributed by atoms with Gasteiger partial charge in [0.15, 0.2) is 0 Å². The van der Waals surface area contributed by atoms with Crippen LogP contribution in [0.3, 0.4) is 0 Å². The molecular formula is C20H23NO5. The van der Waals surface area contributed by atoms with Crippen LogP contribution >= 0.6 is 0 Å². The first-order valence-electron chi connectivity index (χ1n) is 8.91. The molecule has 26 heavy (non-hydrogen) atoms. The third-order valence-corrected chi connectivity index (χ3v) is 5.00. The fourth-order valence-electron chi connectivity index (χ4n) is 3.63. The molecule has 1 saturated heterocycles. The Morgan fingerprint density at radius 1 is 1.27 bits per heavy atom. The van der Waals surface area contributed by atoms with Gasteiger partial charge in [-0.05, 0) is 37.1 Å². The minimum absolute atomic E-state index is 0.0390. The van der Waals surface area contributed by atoms with Crippen molar-refractivity contribution in [2.45, 2.75) is 26.0 Å². The Labute approximate surface area is 152 Å². The molecule has 0 amide bonds. The van der Waals surface area contributed by atoms with E-state index in [1.807, 2.05) is 29.7 Å². The molecule has 0 aliphatic carbocycles. The van der Waals surface area contributed by atoms with E-state index in [1.165, 1.54) is 5.56 Å². The molecule has 0 spiro atoms. The van der Waals surface area contributed by atoms with Gasteiger partial charge in [-0.2, -0.15) is 0 Å². The molecule has 6 heteroatoms. The molecule has 0 N–H and O–H groups in total. The first-order chi connectivity index (χ1) is 12.7. The van der Waals surface area contributed by atoms with Crippen molar-refractivity contribution < 1.29 is 18.9 Å². The summed E-state index contributed by atoms with van der Waals surface area (Å²) in [6.07, 6.45) is 0.713. The summed E-state index contributed by atoms with van der Waals surface area (Å²) in [5.74, 6) is 1.44. The van der Waals surface area contributed by atoms with Gasteiger partial charge >= 0.3 is 0 Å². The number of methoxy groups -OCH3 is 1. The van der Waals surface area contributed by atoms with Crippen LogP contribution in [0.4, 0.5) is 0 Å². The number of benzene rings is 1. The van der Waals surface area contributed by atoms with Crippen molar-refractivity contribution in [3.8, 4) is 22.8 Å². The molecule has 4 rings (SSSR count). The summed E-state index contributed by atoms with van der Waals surface area (Å²) < 4.78 is 24.1. The average molecular weight is 357 g/mol. The third-order valence-electron chi connectivity index (χ3n) is 5.00. The number of hydrogen-bond donors (Lipinski definition) is 0. The van der Waals surface area contributed by atoms with Crippen molar-refractivity contribution in [3.63, 3.8) is 0 Å². The lowest BCUT2D eigenvalue weighted by atomic mass is 9.94. The molecule has 0 saturated carbocycles. The molecule has 0 radical (unpaired) electrons. The van der Waals surface area contributed by atoms with Gasteiger partial charge in [0.1, 0.15) is 24.2 Å². The summed E-state index contributed by atoms with van der Waals surface area (Å²) in [6, 6.07) is 7.58. The zero-order chi connectivity index (χ0) is 18.1. The fraction of sp³-hybridized carbons (Fsp3) is 0.450. The zero-order valence-corrected chi connectivity index (χ0v) is 15.1. The normalized spacial score (nSPS) is 18.8. The Morgan fingerprint density at radius 2 is 2.15 bits per heavy atom. The van der Waals surface area contributed by atoms with E-state index in [0.29, 0.717) is 38.7 Å². The van der Waals surface area contributed by atoms with Gasteiger partial charge in [-0.1, -0.05) is 0 Å². The third kappa shape index (κ3) is 3.10. The molecule has 1 aromatic carbocycles. The summed E-state index contributed by atoms with van der Waals surface area (Å²) in [5, 5.41) is 0. The summed E-state index contributed by atoms with van der Waals surface area (Å²) in [6.45, 7) is 4.75. The van der Waals surface area contributed by atoms with Gasteiger partial charge in [-0.15, -0.1) is 0 Å². The van der Waals surface area contributed by atoms with E-state index < -0.39 is 0 Å². The van der Waals surface area contributed by atoms with E-state index in [0.717, 1.165) is 29.0 Å². The number of ether oxygens (including phenoxy) is 4. The van der Waals surface area contributed by atoms with Gasteiger partial charge in [-0.3, -0.25) is 4.79 Å². The van der Waals surface area contributed by atoms with E-state index in [9.17, 15) is 4.79 Å². The van der Waals surface area contributed by atoms with Crippen LogP contribution in [0.15, 0.2) is 29.1 Å². The fourth-order valence-corrected chi connectivity index (χ4v) is 3.63. The largest absolute Gasteiger partial charge is 0.497 e. The summed E-state index contributed by atoms with van der Waals surface area (Å²) >= 11 is 0. The van der Waals surface area contributed by atoms with Gasteiger partial charge in [0.25, 0.3) is 5.56 Å². The molecule has 1 fully saturated rings. The molecule has 2 aliphatic rings. The number of aromatic nitrogens is 1. The maximum Gasteiger partial charge on any atom is 0.254 e. The Morgan fingerprint density at radius 3 is 2.92 bits per heavy atom. The van der Waals surface area contributed by atoms with Crippen molar-refractivity contribution >= 4 is 0 Å². The molecule has 1 atom stereocenters. The van der Waals surface area contributed by atoms with Crippen molar-refractivity contribution in [3.05, 3.63) is 45.7 Å². The number of aryl methyl sites for hydroxylation is 1. The minimum atomic E-state index is -0.0986. The molecule has 138 valence electrons. The van der Waals surface area contributed by atoms with Crippen molar-refractivity contribution in [2.24, 2.45) is 0 Å². The van der Waals surface area contributed by atoms with Crippen LogP contribution in [0.25, 0.3) is 11.3 Å². The van der Waals surface area contributed by atoms with Gasteiger partial charge in [-0.25, -0.2) is 0 Å². The highest BCUT2D eigenvalue weighted by Gasteiger charge is 2.23. The smallest absolute Gasteiger partial charge is 0.254 e. The maximum absolute atomic E-state index is 12.6. The summed E-state index contributed by atoms with van der Waals surface area (Å²) in [5.41, 5.74) is 4.11. The Balaban J connectivity index is 1.68. The van der Waals surface area contributed by atoms with Crippen LogP contribution in [-0.2, 0) is 22.4 Å². The van der Waals surface area contributed by atoms with E-state index in [1.54, 1.807) is 13.2 Å². The topological polar surface area (TPSA) is 58.9 Å². The van der Waals surface area contributed by atoms with E-state index in [-0.39, 0.29) is 11.7 Å². The van der Waals surface area contributed by atoms with Crippen LogP contribution in [0, 0.1) is 6.92 Å². The lowest BCUT2D eigenvalue weighted by Crippen LogP contribution is -2.34. The zero-order valence-electron chi connectivity index (χ0n) is 15.1. The highest BCUT2D eigenvalue weighted by Crippen LogP contribution is 2.36. The highest BCUT2D eigenvalue weighted by molar-refractivity contribution is 5.71. The standard InChI is InChI=1S/C20H23NO5/c1-13-18(26-12-16-11-24-7-8-25-16)10-19(22)21-6-5-14-9-15(23-2)3-4-17(14)20(13)21/h3-4,9-10,16H,5-8,11-12H2,1-2H3/t16-/m0/s1. The average Bonchev–Trinajstić information content (AvgIpc) is 2.69. The maximum atomic E-state index is 12.6. The predicted octanol–water partition coefficient (Wildman–Crippen LogP) is 2.18. The highest BCUT2D eigenvalue weighted by atomic mass is 16.6. The predicted molar refractivity (Wildman–Crippen MR) is 97.2 cm³/mol. The molecule has 6 nitrogen and oxygen atoms in total. The Bertz CT molecular complexity index is 867. The second-order valence-electron chi connectivity index (χ2n) is 6.62. The molecule has 1 aromatic heterocycles. The number of nitrogens with zero attached hydrogens (tertiary/aromatic N) is 1. The van der Waals surface area contributed by atoms with E-state index in [4.69, 9.17) is 18.9 Å². The molecule has 0 bridgehead atoms. The molecule has 0 unspecified atom stereocenters. The molecule has 2 aliphatic heterocycles. The van der Waals surface area contributed by atoms with Crippen LogP contribution < -0.4 is 15.0 Å². The Hall–Kier alpha value is -2.31. The van der Waals surface area contributed by atoms with Gasteiger partial charge in [0.2, 0.25) is 0 Å². The lowest BCUT2D eigenvalue weighted by Gasteiger charge is -2.26. The van der Waals surface area contributed by atoms with Crippen LogP contribution in [0.1, 0.15) is 11.1 Å². The van der Waals surface area contributed by atoms with Crippen LogP contribution in [0.2, 0.25) is 0 Å². The van der Waals surface area contributed by atoms with E-state index >= 15 is 0 Å². The van der Waals surface area contributed by atoms with Crippen molar-refractivity contribution in [1.82, 2.24) is 4.57 Å². The number of hydrogen-bond acceptors (Lipinski definition) is 5. The minimum Gasteiger partial charge on any atom is -0.497 e. The lowest BCUT2D eigenvalue weighted by molar-refractivity contribution is -0.101. The number of pyridine rings is 1. The van der Waals surface area contributed by atoms with Gasteiger partial charge in [0, 0.05) is 23.7 Å². The second kappa shape index (κ2) is 7.13. The number of rotatable bonds is 4. The molecular weight excluding hydrogens is 334 g/mol.